The van der Waals surface area contributed by atoms with Gasteiger partial charge in [0.25, 0.3) is 0 Å². The molecule has 1 N–H and O–H groups in total. The predicted molar refractivity (Wildman–Crippen MR) is 86.4 cm³/mol. The number of hydrogen-bond acceptors (Lipinski definition) is 1. The minimum atomic E-state index is 0.499. The number of nitrogens with one attached hydrogen (secondary N) is 1. The number of allylic oxidation sites excluding steroid dienone is 1. The largest absolute Gasteiger partial charge is 0.313 e. The second-order valence-electron chi connectivity index (χ2n) is 7.65. The zero-order valence-corrected chi connectivity index (χ0v) is 14.1. The molecule has 1 saturated carbocycles. The van der Waals surface area contributed by atoms with Gasteiger partial charge in [0.05, 0.1) is 0 Å². The molecule has 19 heavy (non-hydrogen) atoms. The lowest BCUT2D eigenvalue weighted by atomic mass is 9.69. The molecule has 0 bridgehead atoms. The van der Waals surface area contributed by atoms with E-state index in [1.807, 2.05) is 0 Å². The van der Waals surface area contributed by atoms with Crippen LogP contribution in [0.3, 0.4) is 0 Å². The maximum Gasteiger partial charge on any atom is 0.0167 e. The van der Waals surface area contributed by atoms with Gasteiger partial charge in [-0.2, -0.15) is 0 Å². The van der Waals surface area contributed by atoms with E-state index in [2.05, 4.69) is 52.9 Å². The first-order valence-corrected chi connectivity index (χ1v) is 8.25. The Morgan fingerprint density at radius 2 is 1.74 bits per heavy atom. The van der Waals surface area contributed by atoms with Gasteiger partial charge in [0.15, 0.2) is 0 Å². The Bertz CT molecular complexity index is 275. The van der Waals surface area contributed by atoms with Crippen LogP contribution in [0.15, 0.2) is 11.6 Å². The number of rotatable bonds is 5. The molecule has 112 valence electrons. The van der Waals surface area contributed by atoms with Crippen molar-refractivity contribution in [2.24, 2.45) is 23.2 Å². The van der Waals surface area contributed by atoms with Crippen molar-refractivity contribution in [2.45, 2.75) is 67.2 Å². The summed E-state index contributed by atoms with van der Waals surface area (Å²) in [5.74, 6) is 2.43. The summed E-state index contributed by atoms with van der Waals surface area (Å²) in [6.45, 7) is 16.2. The van der Waals surface area contributed by atoms with Crippen molar-refractivity contribution in [3.05, 3.63) is 11.6 Å². The molecule has 0 amide bonds. The predicted octanol–water partition coefficient (Wildman–Crippen LogP) is 5.03. The molecule has 1 aliphatic rings. The minimum absolute atomic E-state index is 0.499. The maximum atomic E-state index is 3.48. The second kappa shape index (κ2) is 7.47. The molecule has 0 unspecified atom stereocenters. The van der Waals surface area contributed by atoms with E-state index in [1.54, 1.807) is 5.57 Å². The first kappa shape index (κ1) is 16.8. The highest BCUT2D eigenvalue weighted by molar-refractivity contribution is 5.09. The summed E-state index contributed by atoms with van der Waals surface area (Å²) in [7, 11) is 0. The van der Waals surface area contributed by atoms with Gasteiger partial charge in [0, 0.05) is 6.54 Å². The van der Waals surface area contributed by atoms with Crippen LogP contribution in [-0.4, -0.2) is 13.1 Å². The molecule has 1 aliphatic carbocycles. The van der Waals surface area contributed by atoms with E-state index in [9.17, 15) is 0 Å². The number of hydrogen-bond donors (Lipinski definition) is 1. The van der Waals surface area contributed by atoms with Gasteiger partial charge in [-0.3, -0.25) is 0 Å². The van der Waals surface area contributed by atoms with Crippen LogP contribution in [0.2, 0.25) is 0 Å². The summed E-state index contributed by atoms with van der Waals surface area (Å²) in [5, 5.41) is 3.48. The molecular formula is C18H35N. The molecular weight excluding hydrogens is 230 g/mol. The molecule has 0 aromatic rings. The fourth-order valence-corrected chi connectivity index (χ4v) is 3.18. The van der Waals surface area contributed by atoms with E-state index in [4.69, 9.17) is 0 Å². The number of likely N-dealkylation sites (N-methyl/N-ethyl adjacent to an activating group) is 1. The standard InChI is InChI=1S/C18H35N/c1-7-19-13-16(14(2)3)12-15-8-10-17(11-9-15)18(4,5)6/h12,14-15,17,19H,7-11,13H2,1-6H3. The Labute approximate surface area is 121 Å². The van der Waals surface area contributed by atoms with Crippen LogP contribution in [0, 0.1) is 23.2 Å². The van der Waals surface area contributed by atoms with Gasteiger partial charge < -0.3 is 5.32 Å². The van der Waals surface area contributed by atoms with E-state index in [0.717, 1.165) is 24.9 Å². The maximum absolute atomic E-state index is 3.48. The molecule has 0 heterocycles. The highest BCUT2D eigenvalue weighted by Gasteiger charge is 2.29. The lowest BCUT2D eigenvalue weighted by Gasteiger charge is -2.36. The van der Waals surface area contributed by atoms with Crippen molar-refractivity contribution < 1.29 is 0 Å². The Kier molecular flexibility index (Phi) is 6.59. The molecule has 1 heteroatoms. The van der Waals surface area contributed by atoms with Gasteiger partial charge >= 0.3 is 0 Å². The molecule has 1 nitrogen and oxygen atoms in total. The summed E-state index contributed by atoms with van der Waals surface area (Å²) in [6.07, 6.45) is 8.20. The van der Waals surface area contributed by atoms with E-state index in [0.29, 0.717) is 11.3 Å². The zero-order valence-electron chi connectivity index (χ0n) is 14.1. The third-order valence-electron chi connectivity index (χ3n) is 4.77. The quantitative estimate of drug-likeness (QED) is 0.687. The SMILES string of the molecule is CCNCC(=CC1CCC(C(C)(C)C)CC1)C(C)C. The summed E-state index contributed by atoms with van der Waals surface area (Å²) < 4.78 is 0. The Morgan fingerprint density at radius 1 is 1.16 bits per heavy atom. The van der Waals surface area contributed by atoms with Crippen molar-refractivity contribution in [3.63, 3.8) is 0 Å². The molecule has 0 radical (unpaired) electrons. The van der Waals surface area contributed by atoms with Crippen LogP contribution in [0.4, 0.5) is 0 Å². The zero-order chi connectivity index (χ0) is 14.5. The third-order valence-corrected chi connectivity index (χ3v) is 4.77. The summed E-state index contributed by atoms with van der Waals surface area (Å²) in [4.78, 5) is 0. The van der Waals surface area contributed by atoms with Crippen LogP contribution in [0.1, 0.15) is 67.2 Å². The first-order chi connectivity index (χ1) is 8.84. The molecule has 0 atom stereocenters. The van der Waals surface area contributed by atoms with Gasteiger partial charge in [-0.05, 0) is 55.4 Å². The van der Waals surface area contributed by atoms with E-state index < -0.39 is 0 Å². The van der Waals surface area contributed by atoms with Crippen LogP contribution >= 0.6 is 0 Å². The van der Waals surface area contributed by atoms with Crippen LogP contribution in [-0.2, 0) is 0 Å². The molecule has 0 aromatic heterocycles. The van der Waals surface area contributed by atoms with E-state index in [1.165, 1.54) is 25.7 Å². The molecule has 1 rings (SSSR count). The molecule has 0 aliphatic heterocycles. The van der Waals surface area contributed by atoms with Gasteiger partial charge in [-0.25, -0.2) is 0 Å². The molecule has 1 fully saturated rings. The van der Waals surface area contributed by atoms with Crippen molar-refractivity contribution in [1.82, 2.24) is 5.32 Å². The highest BCUT2D eigenvalue weighted by Crippen LogP contribution is 2.40. The normalized spacial score (nSPS) is 25.9. The smallest absolute Gasteiger partial charge is 0.0167 e. The van der Waals surface area contributed by atoms with Crippen molar-refractivity contribution in [2.75, 3.05) is 13.1 Å². The van der Waals surface area contributed by atoms with Crippen LogP contribution in [0.5, 0.6) is 0 Å². The van der Waals surface area contributed by atoms with E-state index >= 15 is 0 Å². The Balaban J connectivity index is 2.53. The Hall–Kier alpha value is -0.300. The van der Waals surface area contributed by atoms with Crippen LogP contribution in [0.25, 0.3) is 0 Å². The lowest BCUT2D eigenvalue weighted by molar-refractivity contribution is 0.162. The third kappa shape index (κ3) is 5.69. The second-order valence-corrected chi connectivity index (χ2v) is 7.65. The lowest BCUT2D eigenvalue weighted by Crippen LogP contribution is -2.26. The molecule has 0 aromatic carbocycles. The fraction of sp³-hybridized carbons (Fsp3) is 0.889. The topological polar surface area (TPSA) is 12.0 Å². The average Bonchev–Trinajstić information content (AvgIpc) is 2.33. The van der Waals surface area contributed by atoms with Gasteiger partial charge in [-0.15, -0.1) is 0 Å². The molecule has 0 spiro atoms. The summed E-state index contributed by atoms with van der Waals surface area (Å²) in [5.41, 5.74) is 2.11. The monoisotopic (exact) mass is 265 g/mol. The van der Waals surface area contributed by atoms with Gasteiger partial charge in [0.1, 0.15) is 0 Å². The summed E-state index contributed by atoms with van der Waals surface area (Å²) in [6, 6.07) is 0. The Morgan fingerprint density at radius 3 is 2.16 bits per heavy atom. The first-order valence-electron chi connectivity index (χ1n) is 8.25. The van der Waals surface area contributed by atoms with Crippen LogP contribution < -0.4 is 5.32 Å². The minimum Gasteiger partial charge on any atom is -0.313 e. The summed E-state index contributed by atoms with van der Waals surface area (Å²) >= 11 is 0. The average molecular weight is 265 g/mol. The van der Waals surface area contributed by atoms with Crippen molar-refractivity contribution in [3.8, 4) is 0 Å². The highest BCUT2D eigenvalue weighted by atomic mass is 14.8. The van der Waals surface area contributed by atoms with E-state index in [-0.39, 0.29) is 0 Å². The van der Waals surface area contributed by atoms with Crippen molar-refractivity contribution in [1.29, 1.82) is 0 Å². The fourth-order valence-electron chi connectivity index (χ4n) is 3.18. The van der Waals surface area contributed by atoms with Gasteiger partial charge in [-0.1, -0.05) is 53.2 Å². The molecule has 0 saturated heterocycles. The van der Waals surface area contributed by atoms with Gasteiger partial charge in [0.2, 0.25) is 0 Å². The van der Waals surface area contributed by atoms with Crippen molar-refractivity contribution >= 4 is 0 Å².